The summed E-state index contributed by atoms with van der Waals surface area (Å²) in [6, 6.07) is 5.59. The van der Waals surface area contributed by atoms with Gasteiger partial charge in [-0.3, -0.25) is 9.59 Å². The largest absolute Gasteiger partial charge is 0.325 e. The number of carbonyl (C=O) groups is 2. The standard InChI is InChI=1S/C11H13NO2S/c1-7-4-5-10(12-8(2)13)11(6-7)15-9(3)14/h4-6H,1-3H3,(H,12,13). The Morgan fingerprint density at radius 3 is 2.47 bits per heavy atom. The van der Waals surface area contributed by atoms with E-state index in [9.17, 15) is 9.59 Å². The Bertz CT molecular complexity index is 402. The molecule has 0 spiro atoms. The average molecular weight is 223 g/mol. The van der Waals surface area contributed by atoms with Gasteiger partial charge in [-0.15, -0.1) is 0 Å². The highest BCUT2D eigenvalue weighted by molar-refractivity contribution is 8.13. The van der Waals surface area contributed by atoms with Gasteiger partial charge >= 0.3 is 0 Å². The predicted octanol–water partition coefficient (Wildman–Crippen LogP) is 2.59. The lowest BCUT2D eigenvalue weighted by Gasteiger charge is -2.08. The van der Waals surface area contributed by atoms with Crippen LogP contribution in [0.1, 0.15) is 19.4 Å². The van der Waals surface area contributed by atoms with Gasteiger partial charge in [0.1, 0.15) is 0 Å². The molecule has 1 amide bonds. The Hall–Kier alpha value is -1.29. The molecule has 1 aromatic carbocycles. The third kappa shape index (κ3) is 3.75. The fourth-order valence-electron chi connectivity index (χ4n) is 1.16. The van der Waals surface area contributed by atoms with Gasteiger partial charge in [0.2, 0.25) is 5.91 Å². The van der Waals surface area contributed by atoms with E-state index in [-0.39, 0.29) is 11.0 Å². The zero-order valence-corrected chi connectivity index (χ0v) is 9.77. The topological polar surface area (TPSA) is 46.2 Å². The molecule has 1 rings (SSSR count). The Labute approximate surface area is 93.3 Å². The highest BCUT2D eigenvalue weighted by Crippen LogP contribution is 2.28. The molecular formula is C11H13NO2S. The van der Waals surface area contributed by atoms with Gasteiger partial charge in [-0.05, 0) is 24.6 Å². The molecule has 0 atom stereocenters. The molecule has 0 fully saturated rings. The molecule has 0 unspecified atom stereocenters. The fraction of sp³-hybridized carbons (Fsp3) is 0.273. The first-order valence-corrected chi connectivity index (χ1v) is 5.37. The molecule has 1 N–H and O–H groups in total. The van der Waals surface area contributed by atoms with E-state index in [2.05, 4.69) is 5.32 Å². The molecule has 0 bridgehead atoms. The van der Waals surface area contributed by atoms with Crippen LogP contribution >= 0.6 is 11.8 Å². The number of rotatable bonds is 2. The zero-order valence-electron chi connectivity index (χ0n) is 8.96. The van der Waals surface area contributed by atoms with Crippen LogP contribution in [0.25, 0.3) is 0 Å². The first kappa shape index (κ1) is 11.8. The lowest BCUT2D eigenvalue weighted by Crippen LogP contribution is -2.07. The van der Waals surface area contributed by atoms with E-state index in [1.807, 2.05) is 25.1 Å². The van der Waals surface area contributed by atoms with E-state index in [0.29, 0.717) is 5.69 Å². The van der Waals surface area contributed by atoms with Gasteiger partial charge in [-0.2, -0.15) is 0 Å². The van der Waals surface area contributed by atoms with Crippen molar-refractivity contribution in [2.75, 3.05) is 5.32 Å². The molecule has 0 aliphatic heterocycles. The number of aryl methyl sites for hydroxylation is 1. The third-order valence-corrected chi connectivity index (χ3v) is 2.55. The van der Waals surface area contributed by atoms with Crippen molar-refractivity contribution in [3.63, 3.8) is 0 Å². The van der Waals surface area contributed by atoms with Crippen LogP contribution in [0.4, 0.5) is 5.69 Å². The molecule has 3 nitrogen and oxygen atoms in total. The van der Waals surface area contributed by atoms with Crippen molar-refractivity contribution >= 4 is 28.5 Å². The van der Waals surface area contributed by atoms with E-state index in [1.165, 1.54) is 13.8 Å². The number of hydrogen-bond donors (Lipinski definition) is 1. The monoisotopic (exact) mass is 223 g/mol. The Morgan fingerprint density at radius 2 is 1.93 bits per heavy atom. The summed E-state index contributed by atoms with van der Waals surface area (Å²) in [7, 11) is 0. The molecule has 0 aromatic heterocycles. The van der Waals surface area contributed by atoms with Crippen molar-refractivity contribution in [2.24, 2.45) is 0 Å². The van der Waals surface area contributed by atoms with Crippen LogP contribution < -0.4 is 5.32 Å². The van der Waals surface area contributed by atoms with E-state index in [4.69, 9.17) is 0 Å². The summed E-state index contributed by atoms with van der Waals surface area (Å²) in [6.07, 6.45) is 0. The van der Waals surface area contributed by atoms with Gasteiger partial charge in [0, 0.05) is 18.7 Å². The third-order valence-electron chi connectivity index (χ3n) is 1.70. The number of nitrogens with one attached hydrogen (secondary N) is 1. The van der Waals surface area contributed by atoms with Gasteiger partial charge in [0.25, 0.3) is 0 Å². The number of carbonyl (C=O) groups excluding carboxylic acids is 2. The second kappa shape index (κ2) is 4.98. The maximum Gasteiger partial charge on any atom is 0.221 e. The first-order chi connectivity index (χ1) is 6.99. The average Bonchev–Trinajstić information content (AvgIpc) is 2.08. The molecule has 4 heteroatoms. The molecule has 0 saturated carbocycles. The minimum atomic E-state index is -0.135. The normalized spacial score (nSPS) is 9.80. The maximum atomic E-state index is 11.0. The van der Waals surface area contributed by atoms with Crippen molar-refractivity contribution in [1.29, 1.82) is 0 Å². The van der Waals surface area contributed by atoms with Crippen LogP contribution in [-0.4, -0.2) is 11.0 Å². The fourth-order valence-corrected chi connectivity index (χ4v) is 1.95. The zero-order chi connectivity index (χ0) is 11.4. The van der Waals surface area contributed by atoms with E-state index in [0.717, 1.165) is 22.2 Å². The molecular weight excluding hydrogens is 210 g/mol. The summed E-state index contributed by atoms with van der Waals surface area (Å²) in [5.74, 6) is -0.135. The van der Waals surface area contributed by atoms with Crippen LogP contribution in [0, 0.1) is 6.92 Å². The number of benzene rings is 1. The number of thioether (sulfide) groups is 1. The number of amides is 1. The van der Waals surface area contributed by atoms with Crippen molar-refractivity contribution in [3.05, 3.63) is 23.8 Å². The van der Waals surface area contributed by atoms with Gasteiger partial charge in [0.15, 0.2) is 5.12 Å². The molecule has 0 radical (unpaired) electrons. The Morgan fingerprint density at radius 1 is 1.27 bits per heavy atom. The molecule has 0 aliphatic rings. The quantitative estimate of drug-likeness (QED) is 0.784. The van der Waals surface area contributed by atoms with Gasteiger partial charge in [-0.25, -0.2) is 0 Å². The highest BCUT2D eigenvalue weighted by Gasteiger charge is 2.07. The first-order valence-electron chi connectivity index (χ1n) is 4.55. The minimum absolute atomic E-state index is 0.00667. The van der Waals surface area contributed by atoms with Crippen molar-refractivity contribution in [3.8, 4) is 0 Å². The number of anilines is 1. The van der Waals surface area contributed by atoms with Crippen molar-refractivity contribution in [2.45, 2.75) is 25.7 Å². The Kier molecular flexibility index (Phi) is 3.91. The van der Waals surface area contributed by atoms with Crippen molar-refractivity contribution in [1.82, 2.24) is 0 Å². The Balaban J connectivity index is 3.02. The van der Waals surface area contributed by atoms with Crippen molar-refractivity contribution < 1.29 is 9.59 Å². The van der Waals surface area contributed by atoms with Gasteiger partial charge in [0.05, 0.1) is 5.69 Å². The second-order valence-corrected chi connectivity index (χ2v) is 4.49. The lowest BCUT2D eigenvalue weighted by molar-refractivity contribution is -0.114. The second-order valence-electron chi connectivity index (χ2n) is 3.27. The molecule has 0 aliphatic carbocycles. The van der Waals surface area contributed by atoms with E-state index >= 15 is 0 Å². The smallest absolute Gasteiger partial charge is 0.221 e. The minimum Gasteiger partial charge on any atom is -0.325 e. The van der Waals surface area contributed by atoms with Gasteiger partial charge in [-0.1, -0.05) is 17.8 Å². The summed E-state index contributed by atoms with van der Waals surface area (Å²) in [6.45, 7) is 4.90. The highest BCUT2D eigenvalue weighted by atomic mass is 32.2. The van der Waals surface area contributed by atoms with Crippen LogP contribution in [-0.2, 0) is 9.59 Å². The SMILES string of the molecule is CC(=O)Nc1ccc(C)cc1SC(C)=O. The lowest BCUT2D eigenvalue weighted by atomic mass is 10.2. The van der Waals surface area contributed by atoms with E-state index in [1.54, 1.807) is 0 Å². The summed E-state index contributed by atoms with van der Waals surface area (Å²) in [4.78, 5) is 22.7. The summed E-state index contributed by atoms with van der Waals surface area (Å²) in [5, 5.41) is 2.70. The molecule has 15 heavy (non-hydrogen) atoms. The molecule has 0 heterocycles. The van der Waals surface area contributed by atoms with Crippen LogP contribution in [0.3, 0.4) is 0 Å². The van der Waals surface area contributed by atoms with Crippen LogP contribution in [0.5, 0.6) is 0 Å². The summed E-state index contributed by atoms with van der Waals surface area (Å²) < 4.78 is 0. The summed E-state index contributed by atoms with van der Waals surface area (Å²) >= 11 is 1.13. The summed E-state index contributed by atoms with van der Waals surface area (Å²) in [5.41, 5.74) is 1.75. The van der Waals surface area contributed by atoms with Crippen LogP contribution in [0.15, 0.2) is 23.1 Å². The predicted molar refractivity (Wildman–Crippen MR) is 62.0 cm³/mol. The van der Waals surface area contributed by atoms with Gasteiger partial charge < -0.3 is 5.32 Å². The van der Waals surface area contributed by atoms with E-state index < -0.39 is 0 Å². The molecule has 80 valence electrons. The van der Waals surface area contributed by atoms with Crippen LogP contribution in [0.2, 0.25) is 0 Å². The molecule has 1 aromatic rings. The maximum absolute atomic E-state index is 11.0. The molecule has 0 saturated heterocycles. The number of hydrogen-bond acceptors (Lipinski definition) is 3.